The SMILES string of the molecule is Cc1ccnc(SCC(=O)N2CCC[C@@H](c3nnc(CO)n3C)C2)n1. The van der Waals surface area contributed by atoms with Crippen molar-refractivity contribution in [3.8, 4) is 0 Å². The molecule has 1 amide bonds. The van der Waals surface area contributed by atoms with Crippen LogP contribution in [0.4, 0.5) is 0 Å². The third-order valence-electron chi connectivity index (χ3n) is 4.38. The van der Waals surface area contributed by atoms with E-state index in [0.717, 1.165) is 30.9 Å². The number of likely N-dealkylation sites (tertiary alicyclic amines) is 1. The van der Waals surface area contributed by atoms with Gasteiger partial charge in [0, 0.05) is 37.9 Å². The number of aliphatic hydroxyl groups is 1. The van der Waals surface area contributed by atoms with E-state index in [1.807, 2.05) is 29.5 Å². The highest BCUT2D eigenvalue weighted by Crippen LogP contribution is 2.26. The molecule has 8 nitrogen and oxygen atoms in total. The van der Waals surface area contributed by atoms with E-state index in [2.05, 4.69) is 20.2 Å². The van der Waals surface area contributed by atoms with E-state index < -0.39 is 0 Å². The molecule has 0 bridgehead atoms. The fourth-order valence-electron chi connectivity index (χ4n) is 3.00. The molecule has 1 aliphatic rings. The average Bonchev–Trinajstić information content (AvgIpc) is 3.00. The largest absolute Gasteiger partial charge is 0.388 e. The van der Waals surface area contributed by atoms with Crippen LogP contribution in [0.1, 0.15) is 36.1 Å². The van der Waals surface area contributed by atoms with Crippen LogP contribution in [0.5, 0.6) is 0 Å². The highest BCUT2D eigenvalue weighted by atomic mass is 32.2. The lowest BCUT2D eigenvalue weighted by Crippen LogP contribution is -2.40. The molecule has 1 N–H and O–H groups in total. The van der Waals surface area contributed by atoms with E-state index in [0.29, 0.717) is 23.3 Å². The minimum absolute atomic E-state index is 0.0874. The number of piperidine rings is 1. The van der Waals surface area contributed by atoms with Crippen molar-refractivity contribution in [2.45, 2.75) is 37.4 Å². The van der Waals surface area contributed by atoms with Crippen LogP contribution in [-0.4, -0.2) is 59.5 Å². The predicted octanol–water partition coefficient (Wildman–Crippen LogP) is 0.904. The van der Waals surface area contributed by atoms with E-state index >= 15 is 0 Å². The summed E-state index contributed by atoms with van der Waals surface area (Å²) in [6, 6.07) is 1.84. The molecule has 1 atom stereocenters. The number of hydrogen-bond donors (Lipinski definition) is 1. The quantitative estimate of drug-likeness (QED) is 0.623. The van der Waals surface area contributed by atoms with Crippen molar-refractivity contribution in [3.05, 3.63) is 29.6 Å². The van der Waals surface area contributed by atoms with Gasteiger partial charge in [0.2, 0.25) is 5.91 Å². The van der Waals surface area contributed by atoms with Crippen molar-refractivity contribution < 1.29 is 9.90 Å². The van der Waals surface area contributed by atoms with Gasteiger partial charge in [0.05, 0.1) is 5.75 Å². The second-order valence-corrected chi connectivity index (χ2v) is 7.08. The molecule has 25 heavy (non-hydrogen) atoms. The Balaban J connectivity index is 1.60. The van der Waals surface area contributed by atoms with Crippen LogP contribution < -0.4 is 0 Å². The smallest absolute Gasteiger partial charge is 0.233 e. The molecule has 0 radical (unpaired) electrons. The number of thioether (sulfide) groups is 1. The molecule has 3 rings (SSSR count). The van der Waals surface area contributed by atoms with Crippen molar-refractivity contribution in [2.24, 2.45) is 7.05 Å². The number of hydrogen-bond acceptors (Lipinski definition) is 7. The van der Waals surface area contributed by atoms with Gasteiger partial charge < -0.3 is 14.6 Å². The summed E-state index contributed by atoms with van der Waals surface area (Å²) >= 11 is 1.36. The van der Waals surface area contributed by atoms with Crippen LogP contribution in [-0.2, 0) is 18.4 Å². The Bertz CT molecular complexity index is 750. The molecule has 2 aromatic heterocycles. The molecule has 2 aromatic rings. The minimum Gasteiger partial charge on any atom is -0.388 e. The standard InChI is InChI=1S/C16H22N6O2S/c1-11-5-6-17-16(18-11)25-10-14(24)22-7-3-4-12(8-22)15-20-19-13(9-23)21(15)2/h5-6,12,23H,3-4,7-10H2,1-2H3/t12-/m1/s1. The molecular formula is C16H22N6O2S. The summed E-state index contributed by atoms with van der Waals surface area (Å²) in [7, 11) is 1.85. The van der Waals surface area contributed by atoms with Crippen LogP contribution in [0.25, 0.3) is 0 Å². The van der Waals surface area contributed by atoms with Gasteiger partial charge in [-0.3, -0.25) is 4.79 Å². The van der Waals surface area contributed by atoms with Gasteiger partial charge in [-0.25, -0.2) is 9.97 Å². The Kier molecular flexibility index (Phi) is 5.64. The minimum atomic E-state index is -0.133. The fourth-order valence-corrected chi connectivity index (χ4v) is 3.78. The Labute approximate surface area is 150 Å². The third-order valence-corrected chi connectivity index (χ3v) is 5.22. The molecule has 0 aliphatic carbocycles. The van der Waals surface area contributed by atoms with Crippen molar-refractivity contribution in [2.75, 3.05) is 18.8 Å². The lowest BCUT2D eigenvalue weighted by Gasteiger charge is -2.32. The van der Waals surface area contributed by atoms with E-state index in [9.17, 15) is 9.90 Å². The summed E-state index contributed by atoms with van der Waals surface area (Å²) < 4.78 is 1.83. The number of amides is 1. The van der Waals surface area contributed by atoms with E-state index in [1.54, 1.807) is 6.20 Å². The third kappa shape index (κ3) is 4.16. The van der Waals surface area contributed by atoms with Crippen molar-refractivity contribution in [3.63, 3.8) is 0 Å². The molecule has 0 spiro atoms. The molecule has 134 valence electrons. The second-order valence-electron chi connectivity index (χ2n) is 6.14. The van der Waals surface area contributed by atoms with Crippen molar-refractivity contribution >= 4 is 17.7 Å². The Hall–Kier alpha value is -2.00. The molecule has 1 saturated heterocycles. The van der Waals surface area contributed by atoms with Gasteiger partial charge in [0.25, 0.3) is 0 Å². The molecule has 3 heterocycles. The summed E-state index contributed by atoms with van der Waals surface area (Å²) in [6.07, 6.45) is 3.61. The lowest BCUT2D eigenvalue weighted by atomic mass is 9.97. The maximum absolute atomic E-state index is 12.5. The summed E-state index contributed by atoms with van der Waals surface area (Å²) in [5.74, 6) is 1.94. The van der Waals surface area contributed by atoms with Gasteiger partial charge >= 0.3 is 0 Å². The van der Waals surface area contributed by atoms with Crippen LogP contribution in [0.2, 0.25) is 0 Å². The molecule has 0 saturated carbocycles. The van der Waals surface area contributed by atoms with Gasteiger partial charge in [0.15, 0.2) is 11.0 Å². The van der Waals surface area contributed by atoms with Gasteiger partial charge in [-0.1, -0.05) is 11.8 Å². The van der Waals surface area contributed by atoms with E-state index in [4.69, 9.17) is 0 Å². The van der Waals surface area contributed by atoms with Crippen LogP contribution in [0.3, 0.4) is 0 Å². The Morgan fingerprint density at radius 3 is 3.00 bits per heavy atom. The molecule has 9 heteroatoms. The number of aryl methyl sites for hydroxylation is 1. The second kappa shape index (κ2) is 7.92. The number of aliphatic hydroxyl groups excluding tert-OH is 1. The Morgan fingerprint density at radius 1 is 1.44 bits per heavy atom. The normalized spacial score (nSPS) is 17.7. The predicted molar refractivity (Wildman–Crippen MR) is 93.0 cm³/mol. The number of carbonyl (C=O) groups is 1. The first-order valence-electron chi connectivity index (χ1n) is 8.27. The number of aromatic nitrogens is 5. The van der Waals surface area contributed by atoms with Gasteiger partial charge in [-0.15, -0.1) is 10.2 Å². The monoisotopic (exact) mass is 362 g/mol. The molecule has 0 aromatic carbocycles. The highest BCUT2D eigenvalue weighted by Gasteiger charge is 2.28. The van der Waals surface area contributed by atoms with Gasteiger partial charge in [-0.05, 0) is 25.8 Å². The number of nitrogens with zero attached hydrogens (tertiary/aromatic N) is 6. The first-order chi connectivity index (χ1) is 12.1. The number of carbonyl (C=O) groups excluding carboxylic acids is 1. The first-order valence-corrected chi connectivity index (χ1v) is 9.26. The van der Waals surface area contributed by atoms with Gasteiger partial charge in [0.1, 0.15) is 12.4 Å². The molecule has 1 fully saturated rings. The lowest BCUT2D eigenvalue weighted by molar-refractivity contribution is -0.129. The van der Waals surface area contributed by atoms with Crippen LogP contribution in [0, 0.1) is 6.92 Å². The number of rotatable bonds is 5. The topological polar surface area (TPSA) is 97.0 Å². The summed E-state index contributed by atoms with van der Waals surface area (Å²) in [6.45, 7) is 3.16. The molecular weight excluding hydrogens is 340 g/mol. The first kappa shape index (κ1) is 17.8. The fraction of sp³-hybridized carbons (Fsp3) is 0.562. The van der Waals surface area contributed by atoms with E-state index in [1.165, 1.54) is 11.8 Å². The molecule has 0 unspecified atom stereocenters. The highest BCUT2D eigenvalue weighted by molar-refractivity contribution is 7.99. The van der Waals surface area contributed by atoms with Crippen molar-refractivity contribution in [1.29, 1.82) is 0 Å². The van der Waals surface area contributed by atoms with Crippen molar-refractivity contribution in [1.82, 2.24) is 29.6 Å². The zero-order valence-corrected chi connectivity index (χ0v) is 15.2. The molecule has 1 aliphatic heterocycles. The van der Waals surface area contributed by atoms with Crippen LogP contribution in [0.15, 0.2) is 17.4 Å². The zero-order valence-electron chi connectivity index (χ0n) is 14.4. The average molecular weight is 362 g/mol. The van der Waals surface area contributed by atoms with E-state index in [-0.39, 0.29) is 18.4 Å². The maximum atomic E-state index is 12.5. The zero-order chi connectivity index (χ0) is 17.8. The summed E-state index contributed by atoms with van der Waals surface area (Å²) in [5.41, 5.74) is 0.893. The summed E-state index contributed by atoms with van der Waals surface area (Å²) in [4.78, 5) is 22.9. The Morgan fingerprint density at radius 2 is 2.28 bits per heavy atom. The summed E-state index contributed by atoms with van der Waals surface area (Å²) in [5, 5.41) is 18.1. The maximum Gasteiger partial charge on any atom is 0.233 e. The van der Waals surface area contributed by atoms with Gasteiger partial charge in [-0.2, -0.15) is 0 Å². The van der Waals surface area contributed by atoms with Crippen LogP contribution >= 0.6 is 11.8 Å².